The highest BCUT2D eigenvalue weighted by molar-refractivity contribution is 5.94. The van der Waals surface area contributed by atoms with Gasteiger partial charge in [0.1, 0.15) is 0 Å². The van der Waals surface area contributed by atoms with E-state index < -0.39 is 0 Å². The van der Waals surface area contributed by atoms with Gasteiger partial charge in [-0.1, -0.05) is 24.3 Å². The van der Waals surface area contributed by atoms with Crippen molar-refractivity contribution in [3.8, 4) is 0 Å². The lowest BCUT2D eigenvalue weighted by atomic mass is 9.73. The third-order valence-electron chi connectivity index (χ3n) is 7.31. The average molecular weight is 420 g/mol. The zero-order valence-corrected chi connectivity index (χ0v) is 17.8. The molecule has 2 aliphatic heterocycles. The van der Waals surface area contributed by atoms with Crippen molar-refractivity contribution >= 4 is 11.8 Å². The van der Waals surface area contributed by atoms with Crippen molar-refractivity contribution in [1.82, 2.24) is 14.8 Å². The highest BCUT2D eigenvalue weighted by Crippen LogP contribution is 2.52. The van der Waals surface area contributed by atoms with Gasteiger partial charge in [-0.15, -0.1) is 0 Å². The van der Waals surface area contributed by atoms with Gasteiger partial charge in [-0.25, -0.2) is 0 Å². The van der Waals surface area contributed by atoms with E-state index in [1.807, 2.05) is 21.9 Å². The second-order valence-corrected chi connectivity index (χ2v) is 9.00. The number of hydrogen-bond donors (Lipinski definition) is 0. The molecule has 6 heteroatoms. The average Bonchev–Trinajstić information content (AvgIpc) is 3.13. The van der Waals surface area contributed by atoms with E-state index in [2.05, 4.69) is 29.2 Å². The minimum absolute atomic E-state index is 0.0632. The molecule has 2 fully saturated rings. The molecule has 31 heavy (non-hydrogen) atoms. The van der Waals surface area contributed by atoms with Crippen LogP contribution in [0, 0.1) is 0 Å². The third-order valence-corrected chi connectivity index (χ3v) is 7.31. The van der Waals surface area contributed by atoms with Crippen LogP contribution in [0.2, 0.25) is 0 Å². The van der Waals surface area contributed by atoms with Gasteiger partial charge in [-0.2, -0.15) is 0 Å². The normalized spacial score (nSPS) is 22.4. The van der Waals surface area contributed by atoms with Crippen LogP contribution in [0.1, 0.15) is 53.1 Å². The van der Waals surface area contributed by atoms with E-state index in [9.17, 15) is 9.59 Å². The Labute approximate surface area is 183 Å². The van der Waals surface area contributed by atoms with Gasteiger partial charge in [0.05, 0.1) is 18.8 Å². The molecule has 3 heterocycles. The summed E-state index contributed by atoms with van der Waals surface area (Å²) in [7, 11) is 0. The Morgan fingerprint density at radius 2 is 1.77 bits per heavy atom. The minimum Gasteiger partial charge on any atom is -0.378 e. The van der Waals surface area contributed by atoms with Crippen molar-refractivity contribution < 1.29 is 14.3 Å². The van der Waals surface area contributed by atoms with Gasteiger partial charge in [0.2, 0.25) is 5.91 Å². The molecule has 0 N–H and O–H groups in total. The largest absolute Gasteiger partial charge is 0.378 e. The Hall–Kier alpha value is -2.73. The van der Waals surface area contributed by atoms with E-state index >= 15 is 0 Å². The molecular formula is C25H29N3O3. The van der Waals surface area contributed by atoms with Crippen molar-refractivity contribution in [2.45, 2.75) is 37.0 Å². The first-order valence-corrected chi connectivity index (χ1v) is 11.3. The fraction of sp³-hybridized carbons (Fsp3) is 0.480. The van der Waals surface area contributed by atoms with Crippen LogP contribution in [0.15, 0.2) is 48.8 Å². The van der Waals surface area contributed by atoms with Crippen molar-refractivity contribution in [2.75, 3.05) is 39.4 Å². The lowest BCUT2D eigenvalue weighted by molar-refractivity contribution is -0.135. The number of carbonyl (C=O) groups is 2. The number of nitrogens with zero attached hydrogens (tertiary/aromatic N) is 3. The quantitative estimate of drug-likeness (QED) is 0.767. The van der Waals surface area contributed by atoms with Gasteiger partial charge in [0.25, 0.3) is 5.91 Å². The Balaban J connectivity index is 1.30. The van der Waals surface area contributed by atoms with Crippen molar-refractivity contribution in [2.24, 2.45) is 0 Å². The standard InChI is InChI=1S/C25H29N3O3/c29-23(27-12-14-31-15-13-27)16-20-17-25(22-6-2-1-5-21(20)22)7-10-28(11-8-25)24(30)19-4-3-9-26-18-19/h1-6,9,18,20H,7-8,10-17H2/t20-/m0/s1. The van der Waals surface area contributed by atoms with Crippen LogP contribution in [-0.2, 0) is 14.9 Å². The molecular weight excluding hydrogens is 390 g/mol. The third kappa shape index (κ3) is 3.85. The van der Waals surface area contributed by atoms with Crippen molar-refractivity contribution in [3.63, 3.8) is 0 Å². The number of aromatic nitrogens is 1. The predicted molar refractivity (Wildman–Crippen MR) is 117 cm³/mol. The number of benzene rings is 1. The van der Waals surface area contributed by atoms with Crippen LogP contribution in [0.4, 0.5) is 0 Å². The molecule has 1 aromatic heterocycles. The van der Waals surface area contributed by atoms with E-state index in [4.69, 9.17) is 4.74 Å². The lowest BCUT2D eigenvalue weighted by Gasteiger charge is -2.40. The molecule has 0 unspecified atom stereocenters. The first-order valence-electron chi connectivity index (χ1n) is 11.3. The van der Waals surface area contributed by atoms with E-state index in [1.54, 1.807) is 12.4 Å². The maximum atomic E-state index is 12.9. The molecule has 162 valence electrons. The number of hydrogen-bond acceptors (Lipinski definition) is 4. The summed E-state index contributed by atoms with van der Waals surface area (Å²) >= 11 is 0. The molecule has 2 aromatic rings. The van der Waals surface area contributed by atoms with Crippen LogP contribution in [0.5, 0.6) is 0 Å². The Morgan fingerprint density at radius 3 is 2.52 bits per heavy atom. The highest BCUT2D eigenvalue weighted by Gasteiger charge is 2.46. The van der Waals surface area contributed by atoms with Crippen LogP contribution in [0.25, 0.3) is 0 Å². The van der Waals surface area contributed by atoms with Gasteiger partial charge in [0.15, 0.2) is 0 Å². The first-order chi connectivity index (χ1) is 15.2. The number of piperidine rings is 1. The summed E-state index contributed by atoms with van der Waals surface area (Å²) in [5, 5.41) is 0. The van der Waals surface area contributed by atoms with Crippen LogP contribution in [0.3, 0.4) is 0 Å². The number of pyridine rings is 1. The molecule has 0 saturated carbocycles. The molecule has 1 spiro atoms. The number of carbonyl (C=O) groups excluding carboxylic acids is 2. The van der Waals surface area contributed by atoms with Crippen LogP contribution in [-0.4, -0.2) is 66.0 Å². The molecule has 3 aliphatic rings. The summed E-state index contributed by atoms with van der Waals surface area (Å²) < 4.78 is 5.40. The summed E-state index contributed by atoms with van der Waals surface area (Å²) in [6, 6.07) is 12.3. The van der Waals surface area contributed by atoms with Gasteiger partial charge < -0.3 is 14.5 Å². The predicted octanol–water partition coefficient (Wildman–Crippen LogP) is 2.99. The smallest absolute Gasteiger partial charge is 0.255 e. The molecule has 1 aromatic carbocycles. The second-order valence-electron chi connectivity index (χ2n) is 9.00. The Kier molecular flexibility index (Phi) is 5.48. The Morgan fingerprint density at radius 1 is 1.00 bits per heavy atom. The zero-order valence-electron chi connectivity index (χ0n) is 17.8. The monoisotopic (exact) mass is 419 g/mol. The molecule has 0 bridgehead atoms. The minimum atomic E-state index is 0.0632. The van der Waals surface area contributed by atoms with E-state index in [1.165, 1.54) is 11.1 Å². The van der Waals surface area contributed by atoms with Gasteiger partial charge in [-0.05, 0) is 53.9 Å². The number of morpholine rings is 1. The van der Waals surface area contributed by atoms with Crippen molar-refractivity contribution in [3.05, 3.63) is 65.5 Å². The van der Waals surface area contributed by atoms with Crippen LogP contribution < -0.4 is 0 Å². The number of rotatable bonds is 3. The van der Waals surface area contributed by atoms with Gasteiger partial charge >= 0.3 is 0 Å². The van der Waals surface area contributed by atoms with Crippen molar-refractivity contribution in [1.29, 1.82) is 0 Å². The maximum Gasteiger partial charge on any atom is 0.255 e. The molecule has 1 aliphatic carbocycles. The molecule has 2 amide bonds. The Bertz CT molecular complexity index is 947. The summed E-state index contributed by atoms with van der Waals surface area (Å²) in [4.78, 5) is 33.8. The number of ether oxygens (including phenoxy) is 1. The molecule has 0 radical (unpaired) electrons. The van der Waals surface area contributed by atoms with Gasteiger partial charge in [-0.3, -0.25) is 14.6 Å². The first kappa shape index (κ1) is 20.2. The fourth-order valence-corrected chi connectivity index (χ4v) is 5.65. The summed E-state index contributed by atoms with van der Waals surface area (Å²) in [6.45, 7) is 4.15. The fourth-order valence-electron chi connectivity index (χ4n) is 5.65. The number of likely N-dealkylation sites (tertiary alicyclic amines) is 1. The van der Waals surface area contributed by atoms with E-state index in [0.717, 1.165) is 32.4 Å². The molecule has 2 saturated heterocycles. The zero-order chi connectivity index (χ0) is 21.3. The highest BCUT2D eigenvalue weighted by atomic mass is 16.5. The molecule has 5 rings (SSSR count). The summed E-state index contributed by atoms with van der Waals surface area (Å²) in [5.41, 5.74) is 3.44. The topological polar surface area (TPSA) is 62.7 Å². The second kappa shape index (κ2) is 8.42. The van der Waals surface area contributed by atoms with E-state index in [-0.39, 0.29) is 23.1 Å². The SMILES string of the molecule is O=C(C[C@H]1CC2(CCN(C(=O)c3cccnc3)CC2)c2ccccc21)N1CCOCC1. The maximum absolute atomic E-state index is 12.9. The van der Waals surface area contributed by atoms with Crippen LogP contribution >= 0.6 is 0 Å². The van der Waals surface area contributed by atoms with E-state index in [0.29, 0.717) is 38.3 Å². The lowest BCUT2D eigenvalue weighted by Crippen LogP contribution is -2.44. The summed E-state index contributed by atoms with van der Waals surface area (Å²) in [6.07, 6.45) is 6.78. The number of fused-ring (bicyclic) bond motifs is 2. The number of amides is 2. The summed E-state index contributed by atoms with van der Waals surface area (Å²) in [5.74, 6) is 0.560. The molecule has 6 nitrogen and oxygen atoms in total. The molecule has 1 atom stereocenters. The van der Waals surface area contributed by atoms with Gasteiger partial charge in [0, 0.05) is 45.0 Å².